The van der Waals surface area contributed by atoms with Gasteiger partial charge in [-0.05, 0) is 12.8 Å². The summed E-state index contributed by atoms with van der Waals surface area (Å²) in [6.07, 6.45) is 8.10. The maximum atomic E-state index is 7.72. The fraction of sp³-hybridized carbons (Fsp3) is 0.900. The van der Waals surface area contributed by atoms with Crippen molar-refractivity contribution in [2.75, 3.05) is 6.61 Å². The molecule has 1 saturated carbocycles. The van der Waals surface area contributed by atoms with Crippen LogP contribution in [-0.2, 0) is 4.74 Å². The molecule has 2 fully saturated rings. The Bertz CT molecular complexity index is 179. The van der Waals surface area contributed by atoms with Gasteiger partial charge in [0.25, 0.3) is 0 Å². The van der Waals surface area contributed by atoms with E-state index in [0.29, 0.717) is 18.6 Å². The molecule has 2 rings (SSSR count). The third-order valence-electron chi connectivity index (χ3n) is 3.10. The number of ether oxygens (including phenoxy) is 1. The van der Waals surface area contributed by atoms with Crippen molar-refractivity contribution >= 4 is 5.71 Å². The summed E-state index contributed by atoms with van der Waals surface area (Å²) in [5, 5.41) is 7.72. The van der Waals surface area contributed by atoms with Gasteiger partial charge in [-0.1, -0.05) is 25.7 Å². The lowest BCUT2D eigenvalue weighted by Gasteiger charge is -2.20. The summed E-state index contributed by atoms with van der Waals surface area (Å²) >= 11 is 0. The highest BCUT2D eigenvalue weighted by Crippen LogP contribution is 2.30. The molecule has 68 valence electrons. The van der Waals surface area contributed by atoms with Gasteiger partial charge >= 0.3 is 0 Å². The molecule has 1 unspecified atom stereocenters. The van der Waals surface area contributed by atoms with Gasteiger partial charge in [0.15, 0.2) is 0 Å². The van der Waals surface area contributed by atoms with Crippen molar-refractivity contribution in [3.05, 3.63) is 0 Å². The fourth-order valence-corrected chi connectivity index (χ4v) is 2.35. The zero-order valence-corrected chi connectivity index (χ0v) is 7.51. The molecule has 0 radical (unpaired) electrons. The second kappa shape index (κ2) is 3.56. The Morgan fingerprint density at radius 3 is 2.67 bits per heavy atom. The normalized spacial score (nSPS) is 37.2. The lowest BCUT2D eigenvalue weighted by atomic mass is 9.87. The van der Waals surface area contributed by atoms with Gasteiger partial charge in [0.1, 0.15) is 0 Å². The molecule has 2 aliphatic rings. The van der Waals surface area contributed by atoms with Crippen LogP contribution in [0.15, 0.2) is 0 Å². The molecule has 1 N–H and O–H groups in total. The van der Waals surface area contributed by atoms with Crippen LogP contribution >= 0.6 is 0 Å². The number of rotatable bonds is 0. The van der Waals surface area contributed by atoms with Crippen LogP contribution in [0.3, 0.4) is 0 Å². The topological polar surface area (TPSA) is 33.1 Å². The number of nitrogens with one attached hydrogen (secondary N) is 1. The van der Waals surface area contributed by atoms with Gasteiger partial charge in [-0.3, -0.25) is 0 Å². The van der Waals surface area contributed by atoms with E-state index in [0.717, 1.165) is 5.71 Å². The first-order chi connectivity index (χ1) is 5.88. The second-order valence-corrected chi connectivity index (χ2v) is 3.97. The summed E-state index contributed by atoms with van der Waals surface area (Å²) in [7, 11) is 0. The lowest BCUT2D eigenvalue weighted by molar-refractivity contribution is 0.0752. The molecule has 2 heteroatoms. The van der Waals surface area contributed by atoms with Crippen molar-refractivity contribution in [3.63, 3.8) is 0 Å². The minimum atomic E-state index is 0.401. The smallest absolute Gasteiger partial charge is 0.0849 e. The van der Waals surface area contributed by atoms with Gasteiger partial charge in [-0.2, -0.15) is 0 Å². The van der Waals surface area contributed by atoms with Crippen LogP contribution in [-0.4, -0.2) is 18.4 Å². The van der Waals surface area contributed by atoms with E-state index in [1.54, 1.807) is 0 Å². The SMILES string of the molecule is N=C1COC2CCCCCC[C@@H]12. The zero-order chi connectivity index (χ0) is 8.39. The molecular weight excluding hydrogens is 150 g/mol. The largest absolute Gasteiger partial charge is 0.372 e. The maximum Gasteiger partial charge on any atom is 0.0849 e. The minimum Gasteiger partial charge on any atom is -0.372 e. The summed E-state index contributed by atoms with van der Waals surface area (Å²) in [6.45, 7) is 0.606. The highest BCUT2D eigenvalue weighted by atomic mass is 16.5. The van der Waals surface area contributed by atoms with Crippen LogP contribution in [0.1, 0.15) is 38.5 Å². The number of hydrogen-bond acceptors (Lipinski definition) is 2. The number of fused-ring (bicyclic) bond motifs is 1. The van der Waals surface area contributed by atoms with E-state index in [9.17, 15) is 0 Å². The maximum absolute atomic E-state index is 7.72. The van der Waals surface area contributed by atoms with Crippen molar-refractivity contribution in [2.45, 2.75) is 44.6 Å². The molecule has 1 aliphatic heterocycles. The Labute approximate surface area is 73.8 Å². The van der Waals surface area contributed by atoms with E-state index >= 15 is 0 Å². The van der Waals surface area contributed by atoms with Crippen LogP contribution in [0.5, 0.6) is 0 Å². The molecule has 12 heavy (non-hydrogen) atoms. The molecule has 1 aliphatic carbocycles. The minimum absolute atomic E-state index is 0.401. The monoisotopic (exact) mass is 167 g/mol. The molecule has 0 aromatic rings. The van der Waals surface area contributed by atoms with E-state index in [1.165, 1.54) is 38.5 Å². The molecule has 2 nitrogen and oxygen atoms in total. The molecule has 0 spiro atoms. The first-order valence-electron chi connectivity index (χ1n) is 5.07. The summed E-state index contributed by atoms with van der Waals surface area (Å²) in [6, 6.07) is 0. The standard InChI is InChI=1S/C10H17NO/c11-9-7-12-10-6-4-2-1-3-5-8(9)10/h8,10-11H,1-7H2/t8-,10?/m0/s1. The first-order valence-corrected chi connectivity index (χ1v) is 5.07. The Morgan fingerprint density at radius 2 is 1.83 bits per heavy atom. The third-order valence-corrected chi connectivity index (χ3v) is 3.10. The lowest BCUT2D eigenvalue weighted by Crippen LogP contribution is -2.21. The van der Waals surface area contributed by atoms with E-state index in [-0.39, 0.29) is 0 Å². The van der Waals surface area contributed by atoms with Gasteiger partial charge in [0.05, 0.1) is 12.7 Å². The van der Waals surface area contributed by atoms with E-state index in [1.807, 2.05) is 0 Å². The molecule has 1 saturated heterocycles. The Kier molecular flexibility index (Phi) is 2.45. The van der Waals surface area contributed by atoms with Gasteiger partial charge in [-0.25, -0.2) is 0 Å². The quantitative estimate of drug-likeness (QED) is 0.590. The number of hydrogen-bond donors (Lipinski definition) is 1. The zero-order valence-electron chi connectivity index (χ0n) is 7.51. The predicted octanol–water partition coefficient (Wildman–Crippen LogP) is 2.38. The Hall–Kier alpha value is -0.370. The van der Waals surface area contributed by atoms with Crippen molar-refractivity contribution < 1.29 is 4.74 Å². The van der Waals surface area contributed by atoms with Crippen molar-refractivity contribution in [1.82, 2.24) is 0 Å². The van der Waals surface area contributed by atoms with E-state index in [2.05, 4.69) is 0 Å². The fourth-order valence-electron chi connectivity index (χ4n) is 2.35. The van der Waals surface area contributed by atoms with E-state index in [4.69, 9.17) is 10.1 Å². The van der Waals surface area contributed by atoms with E-state index < -0.39 is 0 Å². The molecule has 0 amide bonds. The summed E-state index contributed by atoms with van der Waals surface area (Å²) < 4.78 is 5.58. The molecule has 1 heterocycles. The Morgan fingerprint density at radius 1 is 1.08 bits per heavy atom. The molecule has 0 aromatic carbocycles. The van der Waals surface area contributed by atoms with Gasteiger partial charge in [-0.15, -0.1) is 0 Å². The van der Waals surface area contributed by atoms with Crippen LogP contribution in [0.25, 0.3) is 0 Å². The van der Waals surface area contributed by atoms with Gasteiger partial charge in [0, 0.05) is 11.6 Å². The van der Waals surface area contributed by atoms with Gasteiger partial charge in [0.2, 0.25) is 0 Å². The molecule has 0 bridgehead atoms. The van der Waals surface area contributed by atoms with Crippen LogP contribution in [0, 0.1) is 11.3 Å². The average molecular weight is 167 g/mol. The van der Waals surface area contributed by atoms with Crippen LogP contribution in [0.2, 0.25) is 0 Å². The predicted molar refractivity (Wildman–Crippen MR) is 48.7 cm³/mol. The third kappa shape index (κ3) is 1.53. The van der Waals surface area contributed by atoms with Crippen molar-refractivity contribution in [3.8, 4) is 0 Å². The highest BCUT2D eigenvalue weighted by molar-refractivity contribution is 5.87. The molecule has 2 atom stereocenters. The van der Waals surface area contributed by atoms with Gasteiger partial charge < -0.3 is 10.1 Å². The summed E-state index contributed by atoms with van der Waals surface area (Å²) in [4.78, 5) is 0. The van der Waals surface area contributed by atoms with Crippen molar-refractivity contribution in [2.24, 2.45) is 5.92 Å². The first kappa shape index (κ1) is 8.24. The summed E-state index contributed by atoms with van der Waals surface area (Å²) in [5.41, 5.74) is 0.849. The van der Waals surface area contributed by atoms with Crippen molar-refractivity contribution in [1.29, 1.82) is 5.41 Å². The Balaban J connectivity index is 2.00. The highest BCUT2D eigenvalue weighted by Gasteiger charge is 2.32. The second-order valence-electron chi connectivity index (χ2n) is 3.97. The van der Waals surface area contributed by atoms with Crippen LogP contribution in [0.4, 0.5) is 0 Å². The molecule has 0 aromatic heterocycles. The van der Waals surface area contributed by atoms with Crippen LogP contribution < -0.4 is 0 Å². The molecular formula is C10H17NO. The average Bonchev–Trinajstić information content (AvgIpc) is 2.31. The summed E-state index contributed by atoms with van der Waals surface area (Å²) in [5.74, 6) is 0.477.